The Morgan fingerprint density at radius 2 is 1.83 bits per heavy atom. The molecule has 0 aliphatic heterocycles. The number of carbonyl (C=O) groups is 1. The zero-order valence-corrected chi connectivity index (χ0v) is 10.4. The van der Waals surface area contributed by atoms with Gasteiger partial charge in [-0.15, -0.1) is 0 Å². The lowest BCUT2D eigenvalue weighted by Gasteiger charge is -2.05. The summed E-state index contributed by atoms with van der Waals surface area (Å²) in [5, 5.41) is 10.1. The molecule has 0 unspecified atom stereocenters. The summed E-state index contributed by atoms with van der Waals surface area (Å²) in [5.74, 6) is 0.305. The van der Waals surface area contributed by atoms with Crippen LogP contribution in [0.5, 0.6) is 11.5 Å². The van der Waals surface area contributed by atoms with Crippen LogP contribution in [0.1, 0.15) is 15.9 Å². The highest BCUT2D eigenvalue weighted by Crippen LogP contribution is 2.24. The van der Waals surface area contributed by atoms with Crippen LogP contribution in [0.3, 0.4) is 0 Å². The first-order valence-electron chi connectivity index (χ1n) is 5.29. The van der Waals surface area contributed by atoms with Crippen LogP contribution in [-0.4, -0.2) is 18.0 Å². The fourth-order valence-corrected chi connectivity index (χ4v) is 1.76. The molecular formula is C14H11ClO3. The molecule has 18 heavy (non-hydrogen) atoms. The van der Waals surface area contributed by atoms with Crippen molar-refractivity contribution >= 4 is 17.4 Å². The van der Waals surface area contributed by atoms with Crippen LogP contribution in [-0.2, 0) is 0 Å². The van der Waals surface area contributed by atoms with E-state index in [0.717, 1.165) is 0 Å². The molecule has 0 atom stereocenters. The Morgan fingerprint density at radius 3 is 2.44 bits per heavy atom. The van der Waals surface area contributed by atoms with Gasteiger partial charge in [0.1, 0.15) is 11.5 Å². The molecule has 0 fully saturated rings. The van der Waals surface area contributed by atoms with Gasteiger partial charge in [-0.25, -0.2) is 0 Å². The topological polar surface area (TPSA) is 46.5 Å². The number of halogens is 1. The molecule has 4 heteroatoms. The van der Waals surface area contributed by atoms with E-state index in [1.807, 2.05) is 0 Å². The maximum absolute atomic E-state index is 12.2. The lowest BCUT2D eigenvalue weighted by Crippen LogP contribution is -2.01. The molecule has 0 aromatic heterocycles. The normalized spacial score (nSPS) is 10.1. The van der Waals surface area contributed by atoms with Gasteiger partial charge in [-0.05, 0) is 42.5 Å². The Balaban J connectivity index is 2.38. The van der Waals surface area contributed by atoms with E-state index >= 15 is 0 Å². The predicted molar refractivity (Wildman–Crippen MR) is 69.5 cm³/mol. The minimum atomic E-state index is -0.280. The van der Waals surface area contributed by atoms with Gasteiger partial charge in [-0.2, -0.15) is 0 Å². The third-order valence-corrected chi connectivity index (χ3v) is 2.79. The van der Waals surface area contributed by atoms with Crippen LogP contribution in [0.4, 0.5) is 0 Å². The van der Waals surface area contributed by atoms with Crippen LogP contribution in [0.2, 0.25) is 5.02 Å². The Kier molecular flexibility index (Phi) is 3.53. The number of hydrogen-bond donors (Lipinski definition) is 1. The molecule has 0 saturated carbocycles. The predicted octanol–water partition coefficient (Wildman–Crippen LogP) is 3.29. The number of ether oxygens (including phenoxy) is 1. The van der Waals surface area contributed by atoms with Crippen LogP contribution in [0.15, 0.2) is 42.5 Å². The van der Waals surface area contributed by atoms with Gasteiger partial charge < -0.3 is 9.84 Å². The van der Waals surface area contributed by atoms with E-state index < -0.39 is 0 Å². The highest BCUT2D eigenvalue weighted by atomic mass is 35.5. The Bertz CT molecular complexity index is 576. The summed E-state index contributed by atoms with van der Waals surface area (Å²) < 4.78 is 5.02. The Morgan fingerprint density at radius 1 is 1.17 bits per heavy atom. The van der Waals surface area contributed by atoms with Gasteiger partial charge in [0.05, 0.1) is 12.7 Å². The number of aromatic hydroxyl groups is 1. The van der Waals surface area contributed by atoms with Crippen molar-refractivity contribution in [2.45, 2.75) is 0 Å². The van der Waals surface area contributed by atoms with E-state index in [1.54, 1.807) is 31.4 Å². The van der Waals surface area contributed by atoms with E-state index in [0.29, 0.717) is 16.3 Å². The lowest BCUT2D eigenvalue weighted by molar-refractivity contribution is 0.103. The van der Waals surface area contributed by atoms with Gasteiger partial charge in [-0.1, -0.05) is 11.6 Å². The van der Waals surface area contributed by atoms with Crippen LogP contribution >= 0.6 is 11.6 Å². The number of phenols is 1. The van der Waals surface area contributed by atoms with Gasteiger partial charge in [0, 0.05) is 10.6 Å². The molecule has 0 radical (unpaired) electrons. The Hall–Kier alpha value is -2.00. The summed E-state index contributed by atoms with van der Waals surface area (Å²) in [4.78, 5) is 12.2. The molecule has 2 aromatic rings. The SMILES string of the molecule is COc1ccc(C(=O)c2cc(Cl)ccc2O)cc1. The summed E-state index contributed by atoms with van der Waals surface area (Å²) in [7, 11) is 1.56. The maximum atomic E-state index is 12.2. The molecule has 2 rings (SSSR count). The molecule has 0 spiro atoms. The quantitative estimate of drug-likeness (QED) is 0.864. The van der Waals surface area contributed by atoms with Crippen molar-refractivity contribution in [1.29, 1.82) is 0 Å². The van der Waals surface area contributed by atoms with Crippen molar-refractivity contribution < 1.29 is 14.6 Å². The van der Waals surface area contributed by atoms with Crippen molar-refractivity contribution in [3.05, 3.63) is 58.6 Å². The molecule has 0 heterocycles. The van der Waals surface area contributed by atoms with Gasteiger partial charge >= 0.3 is 0 Å². The van der Waals surface area contributed by atoms with Crippen molar-refractivity contribution in [1.82, 2.24) is 0 Å². The molecule has 0 bridgehead atoms. The third-order valence-electron chi connectivity index (χ3n) is 2.56. The first-order chi connectivity index (χ1) is 8.61. The van der Waals surface area contributed by atoms with Gasteiger partial charge in [-0.3, -0.25) is 4.79 Å². The second-order valence-electron chi connectivity index (χ2n) is 3.72. The van der Waals surface area contributed by atoms with Crippen molar-refractivity contribution in [2.75, 3.05) is 7.11 Å². The molecule has 92 valence electrons. The fraction of sp³-hybridized carbons (Fsp3) is 0.0714. The highest BCUT2D eigenvalue weighted by molar-refractivity contribution is 6.31. The van der Waals surface area contributed by atoms with E-state index in [2.05, 4.69) is 0 Å². The first kappa shape index (κ1) is 12.5. The molecule has 1 N–H and O–H groups in total. The summed E-state index contributed by atoms with van der Waals surface area (Å²) in [5.41, 5.74) is 0.654. The van der Waals surface area contributed by atoms with Crippen molar-refractivity contribution in [2.24, 2.45) is 0 Å². The summed E-state index contributed by atoms with van der Waals surface area (Å²) >= 11 is 5.81. The molecular weight excluding hydrogens is 252 g/mol. The van der Waals surface area contributed by atoms with Gasteiger partial charge in [0.2, 0.25) is 0 Å². The monoisotopic (exact) mass is 262 g/mol. The minimum absolute atomic E-state index is 0.0831. The van der Waals surface area contributed by atoms with E-state index in [-0.39, 0.29) is 17.1 Å². The zero-order valence-electron chi connectivity index (χ0n) is 9.68. The molecule has 0 saturated heterocycles. The summed E-state index contributed by atoms with van der Waals surface area (Å²) in [6, 6.07) is 11.0. The van der Waals surface area contributed by atoms with Gasteiger partial charge in [0.15, 0.2) is 5.78 Å². The molecule has 3 nitrogen and oxygen atoms in total. The largest absolute Gasteiger partial charge is 0.507 e. The molecule has 0 amide bonds. The number of benzene rings is 2. The van der Waals surface area contributed by atoms with E-state index in [1.165, 1.54) is 18.2 Å². The summed E-state index contributed by atoms with van der Waals surface area (Å²) in [6.45, 7) is 0. The Labute approximate surface area is 110 Å². The molecule has 0 aliphatic rings. The standard InChI is InChI=1S/C14H11ClO3/c1-18-11-5-2-9(3-6-11)14(17)12-8-10(15)4-7-13(12)16/h2-8,16H,1H3. The first-order valence-corrected chi connectivity index (χ1v) is 5.67. The molecule has 2 aromatic carbocycles. The number of phenolic OH excluding ortho intramolecular Hbond substituents is 1. The maximum Gasteiger partial charge on any atom is 0.196 e. The minimum Gasteiger partial charge on any atom is -0.507 e. The van der Waals surface area contributed by atoms with Gasteiger partial charge in [0.25, 0.3) is 0 Å². The average Bonchev–Trinajstić information content (AvgIpc) is 2.41. The lowest BCUT2D eigenvalue weighted by atomic mass is 10.0. The van der Waals surface area contributed by atoms with E-state index in [4.69, 9.17) is 16.3 Å². The molecule has 0 aliphatic carbocycles. The second-order valence-corrected chi connectivity index (χ2v) is 4.16. The van der Waals surface area contributed by atoms with E-state index in [9.17, 15) is 9.90 Å². The fourth-order valence-electron chi connectivity index (χ4n) is 1.59. The number of methoxy groups -OCH3 is 1. The zero-order chi connectivity index (χ0) is 13.1. The second kappa shape index (κ2) is 5.10. The number of hydrogen-bond acceptors (Lipinski definition) is 3. The number of rotatable bonds is 3. The number of ketones is 1. The van der Waals surface area contributed by atoms with Crippen LogP contribution in [0, 0.1) is 0 Å². The third kappa shape index (κ3) is 2.46. The summed E-state index contributed by atoms with van der Waals surface area (Å²) in [6.07, 6.45) is 0. The van der Waals surface area contributed by atoms with Crippen molar-refractivity contribution in [3.8, 4) is 11.5 Å². The highest BCUT2D eigenvalue weighted by Gasteiger charge is 2.14. The van der Waals surface area contributed by atoms with Crippen molar-refractivity contribution in [3.63, 3.8) is 0 Å². The smallest absolute Gasteiger partial charge is 0.196 e. The van der Waals surface area contributed by atoms with Crippen LogP contribution < -0.4 is 4.74 Å². The number of carbonyl (C=O) groups excluding carboxylic acids is 1. The van der Waals surface area contributed by atoms with Crippen LogP contribution in [0.25, 0.3) is 0 Å². The average molecular weight is 263 g/mol.